The molecule has 3 aromatic carbocycles. The van der Waals surface area contributed by atoms with E-state index >= 15 is 0 Å². The molecule has 29 heavy (non-hydrogen) atoms. The van der Waals surface area contributed by atoms with Crippen LogP contribution < -0.4 is 0 Å². The minimum absolute atomic E-state index is 0.893. The first kappa shape index (κ1) is 19.1. The summed E-state index contributed by atoms with van der Waals surface area (Å²) >= 11 is 0. The molecule has 0 spiro atoms. The minimum Gasteiger partial charge on any atom is -0.274 e. The maximum Gasteiger partial charge on any atom is 0.169 e. The highest BCUT2D eigenvalue weighted by molar-refractivity contribution is 6.12. The molecule has 5 aromatic rings. The van der Waals surface area contributed by atoms with Crippen LogP contribution in [0.25, 0.3) is 38.7 Å². The Hall–Kier alpha value is -3.20. The summed E-state index contributed by atoms with van der Waals surface area (Å²) in [5.74, 6) is 0.893. The molecule has 2 heterocycles. The van der Waals surface area contributed by atoms with E-state index in [1.54, 1.807) is 0 Å². The zero-order valence-corrected chi connectivity index (χ0v) is 17.6. The summed E-state index contributed by atoms with van der Waals surface area (Å²) in [6.07, 6.45) is 2.24. The van der Waals surface area contributed by atoms with Gasteiger partial charge in [0.2, 0.25) is 0 Å². The van der Waals surface area contributed by atoms with E-state index < -0.39 is 0 Å². The maximum atomic E-state index is 4.57. The highest BCUT2D eigenvalue weighted by atomic mass is 15.2. The van der Waals surface area contributed by atoms with Crippen molar-refractivity contribution in [3.63, 3.8) is 0 Å². The third-order valence-electron chi connectivity index (χ3n) is 5.27. The van der Waals surface area contributed by atoms with E-state index in [9.17, 15) is 0 Å². The van der Waals surface area contributed by atoms with E-state index in [4.69, 9.17) is 0 Å². The molecule has 0 fully saturated rings. The van der Waals surface area contributed by atoms with E-state index in [2.05, 4.69) is 95.2 Å². The van der Waals surface area contributed by atoms with Crippen LogP contribution in [0.1, 0.15) is 38.3 Å². The van der Waals surface area contributed by atoms with Gasteiger partial charge in [-0.2, -0.15) is 0 Å². The molecule has 0 bridgehead atoms. The summed E-state index contributed by atoms with van der Waals surface area (Å²) in [6, 6.07) is 23.8. The van der Waals surface area contributed by atoms with Crippen molar-refractivity contribution in [2.24, 2.45) is 0 Å². The second-order valence-corrected chi connectivity index (χ2v) is 7.20. The largest absolute Gasteiger partial charge is 0.274 e. The second kappa shape index (κ2) is 8.04. The van der Waals surface area contributed by atoms with Gasteiger partial charge in [-0.15, -0.1) is 10.2 Å². The van der Waals surface area contributed by atoms with Crippen LogP contribution in [0.5, 0.6) is 0 Å². The Balaban J connectivity index is 0.000000994. The van der Waals surface area contributed by atoms with Gasteiger partial charge >= 0.3 is 0 Å². The van der Waals surface area contributed by atoms with Crippen molar-refractivity contribution in [2.45, 2.75) is 40.5 Å². The topological polar surface area (TPSA) is 30.2 Å². The quantitative estimate of drug-likeness (QED) is 0.315. The maximum absolute atomic E-state index is 4.57. The van der Waals surface area contributed by atoms with E-state index in [1.807, 2.05) is 13.8 Å². The number of hydrogen-bond acceptors (Lipinski definition) is 2. The lowest BCUT2D eigenvalue weighted by molar-refractivity contribution is 0.923. The van der Waals surface area contributed by atoms with Crippen molar-refractivity contribution in [1.29, 1.82) is 0 Å². The standard InChI is InChI=1S/C24H21N3.C2H6/c1-3-6-17-11-14-22-21(15-17)19-7-4-5-8-20(19)24-26-25-23(27(22)24)18-12-9-16(2)10-13-18;1-2/h4-5,7-15H,3,6H2,1-2H3;1-2H3. The van der Waals surface area contributed by atoms with Crippen molar-refractivity contribution in [3.8, 4) is 11.4 Å². The average molecular weight is 382 g/mol. The predicted octanol–water partition coefficient (Wildman–Crippen LogP) is 6.99. The Morgan fingerprint density at radius 2 is 1.52 bits per heavy atom. The number of pyridine rings is 1. The van der Waals surface area contributed by atoms with E-state index in [1.165, 1.54) is 21.9 Å². The number of hydrogen-bond donors (Lipinski definition) is 0. The van der Waals surface area contributed by atoms with Crippen LogP contribution in [0.3, 0.4) is 0 Å². The molecule has 3 heteroatoms. The summed E-state index contributed by atoms with van der Waals surface area (Å²) in [6.45, 7) is 8.32. The van der Waals surface area contributed by atoms with E-state index in [0.29, 0.717) is 0 Å². The van der Waals surface area contributed by atoms with Crippen LogP contribution in [0.4, 0.5) is 0 Å². The highest BCUT2D eigenvalue weighted by Gasteiger charge is 2.15. The highest BCUT2D eigenvalue weighted by Crippen LogP contribution is 2.32. The molecule has 2 aromatic heterocycles. The lowest BCUT2D eigenvalue weighted by atomic mass is 10.0. The van der Waals surface area contributed by atoms with Gasteiger partial charge in [-0.05, 0) is 36.4 Å². The number of aromatic nitrogens is 3. The zero-order valence-electron chi connectivity index (χ0n) is 17.6. The molecule has 0 saturated heterocycles. The predicted molar refractivity (Wildman–Crippen MR) is 124 cm³/mol. The molecular weight excluding hydrogens is 354 g/mol. The fraction of sp³-hybridized carbons (Fsp3) is 0.231. The third kappa shape index (κ3) is 3.27. The number of nitrogens with zero attached hydrogens (tertiary/aromatic N) is 3. The summed E-state index contributed by atoms with van der Waals surface area (Å²) in [7, 11) is 0. The van der Waals surface area contributed by atoms with E-state index in [-0.39, 0.29) is 0 Å². The smallest absolute Gasteiger partial charge is 0.169 e. The summed E-state index contributed by atoms with van der Waals surface area (Å²) in [4.78, 5) is 0. The summed E-state index contributed by atoms with van der Waals surface area (Å²) in [5.41, 5.74) is 5.77. The first-order chi connectivity index (χ1) is 14.3. The fourth-order valence-corrected chi connectivity index (χ4v) is 3.93. The monoisotopic (exact) mass is 381 g/mol. The minimum atomic E-state index is 0.893. The molecule has 0 aliphatic heterocycles. The Bertz CT molecular complexity index is 1280. The van der Waals surface area contributed by atoms with Crippen molar-refractivity contribution >= 4 is 27.3 Å². The molecule has 0 N–H and O–H groups in total. The molecule has 146 valence electrons. The van der Waals surface area contributed by atoms with Gasteiger partial charge in [0.15, 0.2) is 11.5 Å². The lowest BCUT2D eigenvalue weighted by Crippen LogP contribution is -1.95. The lowest BCUT2D eigenvalue weighted by Gasteiger charge is -2.11. The summed E-state index contributed by atoms with van der Waals surface area (Å²) < 4.78 is 2.21. The molecule has 0 amide bonds. The van der Waals surface area contributed by atoms with Gasteiger partial charge < -0.3 is 0 Å². The van der Waals surface area contributed by atoms with Crippen molar-refractivity contribution in [2.75, 3.05) is 0 Å². The van der Waals surface area contributed by atoms with Gasteiger partial charge in [-0.3, -0.25) is 4.40 Å². The molecule has 5 rings (SSSR count). The normalized spacial score (nSPS) is 11.0. The van der Waals surface area contributed by atoms with Crippen LogP contribution in [0.15, 0.2) is 66.7 Å². The zero-order chi connectivity index (χ0) is 20.4. The Morgan fingerprint density at radius 3 is 2.24 bits per heavy atom. The van der Waals surface area contributed by atoms with Crippen molar-refractivity contribution in [1.82, 2.24) is 14.6 Å². The molecule has 0 aliphatic carbocycles. The molecule has 0 atom stereocenters. The average Bonchev–Trinajstić information content (AvgIpc) is 3.22. The second-order valence-electron chi connectivity index (χ2n) is 7.20. The first-order valence-electron chi connectivity index (χ1n) is 10.5. The van der Waals surface area contributed by atoms with Crippen LogP contribution in [0.2, 0.25) is 0 Å². The van der Waals surface area contributed by atoms with Gasteiger partial charge in [0.25, 0.3) is 0 Å². The van der Waals surface area contributed by atoms with Crippen molar-refractivity contribution < 1.29 is 0 Å². The van der Waals surface area contributed by atoms with Gasteiger partial charge in [0, 0.05) is 16.3 Å². The SMILES string of the molecule is CC.CCCc1ccc2c(c1)c1ccccc1c1nnc(-c3ccc(C)cc3)n21. The Labute approximate surface area is 172 Å². The molecule has 0 unspecified atom stereocenters. The van der Waals surface area contributed by atoms with Gasteiger partial charge in [-0.1, -0.05) is 87.4 Å². The third-order valence-corrected chi connectivity index (χ3v) is 5.27. The number of benzene rings is 3. The van der Waals surface area contributed by atoms with Crippen LogP contribution in [-0.4, -0.2) is 14.6 Å². The van der Waals surface area contributed by atoms with Crippen LogP contribution in [-0.2, 0) is 6.42 Å². The Morgan fingerprint density at radius 1 is 0.793 bits per heavy atom. The molecule has 0 saturated carbocycles. The molecule has 3 nitrogen and oxygen atoms in total. The van der Waals surface area contributed by atoms with Crippen LogP contribution in [0, 0.1) is 6.92 Å². The Kier molecular flexibility index (Phi) is 5.30. The number of fused-ring (bicyclic) bond motifs is 6. The molecule has 0 aliphatic rings. The van der Waals surface area contributed by atoms with Gasteiger partial charge in [0.1, 0.15) is 0 Å². The molecular formula is C26H27N3. The fourth-order valence-electron chi connectivity index (χ4n) is 3.93. The van der Waals surface area contributed by atoms with Crippen molar-refractivity contribution in [3.05, 3.63) is 77.9 Å². The first-order valence-corrected chi connectivity index (χ1v) is 10.5. The number of aryl methyl sites for hydroxylation is 2. The molecule has 0 radical (unpaired) electrons. The van der Waals surface area contributed by atoms with Gasteiger partial charge in [0.05, 0.1) is 5.52 Å². The van der Waals surface area contributed by atoms with Crippen LogP contribution >= 0.6 is 0 Å². The summed E-state index contributed by atoms with van der Waals surface area (Å²) in [5, 5.41) is 12.8. The number of rotatable bonds is 3. The van der Waals surface area contributed by atoms with Gasteiger partial charge in [-0.25, -0.2) is 0 Å². The van der Waals surface area contributed by atoms with E-state index in [0.717, 1.165) is 40.8 Å².